The maximum absolute atomic E-state index is 11.6. The van der Waals surface area contributed by atoms with Gasteiger partial charge in [-0.3, -0.25) is 4.79 Å². The second kappa shape index (κ2) is 8.78. The Labute approximate surface area is 109 Å². The van der Waals surface area contributed by atoms with E-state index in [2.05, 4.69) is 10.2 Å². The molecule has 100 valence electrons. The van der Waals surface area contributed by atoms with Crippen molar-refractivity contribution in [2.24, 2.45) is 5.73 Å². The Morgan fingerprint density at radius 1 is 1.47 bits per heavy atom. The molecule has 1 atom stereocenters. The lowest BCUT2D eigenvalue weighted by Gasteiger charge is -2.15. The van der Waals surface area contributed by atoms with Crippen LogP contribution in [-0.4, -0.2) is 55.0 Å². The van der Waals surface area contributed by atoms with E-state index in [1.165, 1.54) is 25.9 Å². The Kier molecular flexibility index (Phi) is 7.64. The maximum atomic E-state index is 11.6. The van der Waals surface area contributed by atoms with Gasteiger partial charge in [0.05, 0.1) is 6.04 Å². The van der Waals surface area contributed by atoms with Gasteiger partial charge in [-0.15, -0.1) is 0 Å². The Hall–Kier alpha value is -0.260. The lowest BCUT2D eigenvalue weighted by molar-refractivity contribution is -0.122. The molecule has 1 aliphatic rings. The number of carbonyl (C=O) groups is 1. The Morgan fingerprint density at radius 3 is 2.82 bits per heavy atom. The molecule has 17 heavy (non-hydrogen) atoms. The highest BCUT2D eigenvalue weighted by Crippen LogP contribution is 2.06. The second-order valence-electron chi connectivity index (χ2n) is 4.58. The van der Waals surface area contributed by atoms with Crippen molar-refractivity contribution in [2.75, 3.05) is 38.2 Å². The lowest BCUT2D eigenvalue weighted by Crippen LogP contribution is -2.41. The third-order valence-electron chi connectivity index (χ3n) is 3.12. The quantitative estimate of drug-likeness (QED) is 0.629. The van der Waals surface area contributed by atoms with Crippen LogP contribution in [0.15, 0.2) is 0 Å². The van der Waals surface area contributed by atoms with Gasteiger partial charge in [-0.05, 0) is 57.3 Å². The van der Waals surface area contributed by atoms with Gasteiger partial charge >= 0.3 is 0 Å². The Balaban J connectivity index is 1.98. The van der Waals surface area contributed by atoms with Crippen LogP contribution in [0.4, 0.5) is 0 Å². The summed E-state index contributed by atoms with van der Waals surface area (Å²) >= 11 is 1.73. The molecule has 0 bridgehead atoms. The average molecular weight is 259 g/mol. The summed E-state index contributed by atoms with van der Waals surface area (Å²) in [7, 11) is 0. The molecule has 1 rings (SSSR count). The molecule has 0 aliphatic carbocycles. The standard InChI is InChI=1S/C12H25N3OS/c1-17-10-5-11(13)12(16)14-6-4-9-15-7-2-3-8-15/h11H,2-10,13H2,1H3,(H,14,16)/t11-/m1/s1. The van der Waals surface area contributed by atoms with Crippen molar-refractivity contribution in [3.63, 3.8) is 0 Å². The Bertz CT molecular complexity index is 220. The first-order chi connectivity index (χ1) is 8.24. The van der Waals surface area contributed by atoms with Crippen molar-refractivity contribution >= 4 is 17.7 Å². The van der Waals surface area contributed by atoms with Crippen LogP contribution < -0.4 is 11.1 Å². The van der Waals surface area contributed by atoms with E-state index in [4.69, 9.17) is 5.73 Å². The van der Waals surface area contributed by atoms with Crippen LogP contribution >= 0.6 is 11.8 Å². The highest BCUT2D eigenvalue weighted by molar-refractivity contribution is 7.98. The number of nitrogens with zero attached hydrogens (tertiary/aromatic N) is 1. The molecule has 0 unspecified atom stereocenters. The minimum atomic E-state index is -0.339. The zero-order chi connectivity index (χ0) is 12.5. The zero-order valence-corrected chi connectivity index (χ0v) is 11.6. The van der Waals surface area contributed by atoms with E-state index in [0.29, 0.717) is 0 Å². The van der Waals surface area contributed by atoms with Gasteiger partial charge in [0.25, 0.3) is 0 Å². The summed E-state index contributed by atoms with van der Waals surface area (Å²) in [5.41, 5.74) is 5.77. The first-order valence-corrected chi connectivity index (χ1v) is 7.88. The second-order valence-corrected chi connectivity index (χ2v) is 5.57. The molecule has 0 aromatic rings. The minimum Gasteiger partial charge on any atom is -0.355 e. The van der Waals surface area contributed by atoms with Gasteiger partial charge in [0.1, 0.15) is 0 Å². The summed E-state index contributed by atoms with van der Waals surface area (Å²) in [6.45, 7) is 4.30. The fourth-order valence-corrected chi connectivity index (χ4v) is 2.52. The predicted molar refractivity (Wildman–Crippen MR) is 74.3 cm³/mol. The van der Waals surface area contributed by atoms with Gasteiger partial charge in [0.2, 0.25) is 5.91 Å². The number of amides is 1. The minimum absolute atomic E-state index is 0.000437. The molecular weight excluding hydrogens is 234 g/mol. The highest BCUT2D eigenvalue weighted by atomic mass is 32.2. The summed E-state index contributed by atoms with van der Waals surface area (Å²) in [6, 6.07) is -0.339. The van der Waals surface area contributed by atoms with E-state index in [9.17, 15) is 4.79 Å². The molecule has 0 aromatic carbocycles. The number of hydrogen-bond acceptors (Lipinski definition) is 4. The van der Waals surface area contributed by atoms with Crippen molar-refractivity contribution in [1.29, 1.82) is 0 Å². The molecular formula is C12H25N3OS. The van der Waals surface area contributed by atoms with Crippen molar-refractivity contribution in [3.05, 3.63) is 0 Å². The van der Waals surface area contributed by atoms with Crippen molar-refractivity contribution in [1.82, 2.24) is 10.2 Å². The van der Waals surface area contributed by atoms with Crippen LogP contribution in [0.25, 0.3) is 0 Å². The van der Waals surface area contributed by atoms with E-state index in [0.717, 1.165) is 31.7 Å². The van der Waals surface area contributed by atoms with E-state index in [-0.39, 0.29) is 11.9 Å². The largest absolute Gasteiger partial charge is 0.355 e. The van der Waals surface area contributed by atoms with Crippen LogP contribution in [0.1, 0.15) is 25.7 Å². The molecule has 0 saturated carbocycles. The summed E-state index contributed by atoms with van der Waals surface area (Å²) in [5.74, 6) is 0.947. The first kappa shape index (κ1) is 14.8. The average Bonchev–Trinajstić information content (AvgIpc) is 2.84. The number of nitrogens with two attached hydrogens (primary N) is 1. The van der Waals surface area contributed by atoms with Crippen LogP contribution in [-0.2, 0) is 4.79 Å². The van der Waals surface area contributed by atoms with Crippen LogP contribution in [0.3, 0.4) is 0 Å². The summed E-state index contributed by atoms with van der Waals surface area (Å²) < 4.78 is 0. The number of nitrogens with one attached hydrogen (secondary N) is 1. The molecule has 1 saturated heterocycles. The first-order valence-electron chi connectivity index (χ1n) is 6.48. The smallest absolute Gasteiger partial charge is 0.236 e. The molecule has 1 amide bonds. The van der Waals surface area contributed by atoms with Crippen molar-refractivity contribution in [2.45, 2.75) is 31.7 Å². The normalized spacial score (nSPS) is 18.2. The molecule has 4 nitrogen and oxygen atoms in total. The molecule has 1 fully saturated rings. The van der Waals surface area contributed by atoms with E-state index < -0.39 is 0 Å². The molecule has 1 heterocycles. The SMILES string of the molecule is CSCC[C@@H](N)C(=O)NCCCN1CCCC1. The van der Waals surface area contributed by atoms with Gasteiger partial charge in [0.15, 0.2) is 0 Å². The van der Waals surface area contributed by atoms with Crippen LogP contribution in [0.5, 0.6) is 0 Å². The van der Waals surface area contributed by atoms with E-state index in [1.807, 2.05) is 6.26 Å². The fraction of sp³-hybridized carbons (Fsp3) is 0.917. The molecule has 0 radical (unpaired) electrons. The fourth-order valence-electron chi connectivity index (χ4n) is 2.03. The topological polar surface area (TPSA) is 58.4 Å². The predicted octanol–water partition coefficient (Wildman–Crippen LogP) is 0.669. The number of rotatable bonds is 8. The summed E-state index contributed by atoms with van der Waals surface area (Å²) in [5, 5.41) is 2.92. The van der Waals surface area contributed by atoms with Crippen molar-refractivity contribution in [3.8, 4) is 0 Å². The number of thioether (sulfide) groups is 1. The van der Waals surface area contributed by atoms with E-state index >= 15 is 0 Å². The monoisotopic (exact) mass is 259 g/mol. The van der Waals surface area contributed by atoms with Gasteiger partial charge in [-0.2, -0.15) is 11.8 Å². The molecule has 3 N–H and O–H groups in total. The number of hydrogen-bond donors (Lipinski definition) is 2. The Morgan fingerprint density at radius 2 is 2.18 bits per heavy atom. The van der Waals surface area contributed by atoms with Crippen molar-refractivity contribution < 1.29 is 4.79 Å². The number of carbonyl (C=O) groups excluding carboxylic acids is 1. The third kappa shape index (κ3) is 6.29. The van der Waals surface area contributed by atoms with Gasteiger partial charge in [-0.25, -0.2) is 0 Å². The summed E-state index contributed by atoms with van der Waals surface area (Å²) in [4.78, 5) is 14.0. The third-order valence-corrected chi connectivity index (χ3v) is 3.76. The lowest BCUT2D eigenvalue weighted by atomic mass is 10.2. The highest BCUT2D eigenvalue weighted by Gasteiger charge is 2.13. The zero-order valence-electron chi connectivity index (χ0n) is 10.8. The summed E-state index contributed by atoms with van der Waals surface area (Å²) in [6.07, 6.45) is 6.47. The van der Waals surface area contributed by atoms with Gasteiger partial charge in [0, 0.05) is 6.54 Å². The van der Waals surface area contributed by atoms with E-state index in [1.54, 1.807) is 11.8 Å². The molecule has 0 aromatic heterocycles. The number of likely N-dealkylation sites (tertiary alicyclic amines) is 1. The molecule has 0 spiro atoms. The maximum Gasteiger partial charge on any atom is 0.236 e. The van der Waals surface area contributed by atoms with Gasteiger partial charge < -0.3 is 16.0 Å². The molecule has 1 aliphatic heterocycles. The van der Waals surface area contributed by atoms with Gasteiger partial charge in [-0.1, -0.05) is 0 Å². The molecule has 5 heteroatoms. The van der Waals surface area contributed by atoms with Crippen LogP contribution in [0, 0.1) is 0 Å². The van der Waals surface area contributed by atoms with Crippen LogP contribution in [0.2, 0.25) is 0 Å².